The fourth-order valence-corrected chi connectivity index (χ4v) is 5.15. The molecule has 0 radical (unpaired) electrons. The number of rotatable bonds is 7. The van der Waals surface area contributed by atoms with E-state index in [0.717, 1.165) is 0 Å². The number of carbonyl (C=O) groups is 1. The zero-order valence-electron chi connectivity index (χ0n) is 16.2. The molecule has 0 amide bonds. The standard InChI is InChI=1S/C15H34O5Si3/c1-21(2,3)17-11-12-10-13(19-22(4,5)6)14(15(16)18-12)20-23(7,8)9/h12-14H,10-11H2,1-9H3/t12-,13-,14?/m0/s1. The van der Waals surface area contributed by atoms with Gasteiger partial charge in [0.25, 0.3) is 0 Å². The second-order valence-electron chi connectivity index (χ2n) is 9.14. The first kappa shape index (κ1) is 21.0. The highest BCUT2D eigenvalue weighted by Crippen LogP contribution is 2.27. The SMILES string of the molecule is C[Si](C)(C)OC[C@@H]1C[C@H](O[Si](C)(C)C)C(O[Si](C)(C)C)C(=O)O1. The Morgan fingerprint density at radius 1 is 0.913 bits per heavy atom. The molecule has 0 aliphatic carbocycles. The largest absolute Gasteiger partial charge is 0.458 e. The van der Waals surface area contributed by atoms with Crippen molar-refractivity contribution in [3.8, 4) is 0 Å². The van der Waals surface area contributed by atoms with Gasteiger partial charge in [0.05, 0.1) is 12.7 Å². The lowest BCUT2D eigenvalue weighted by molar-refractivity contribution is -0.177. The molecule has 1 aliphatic heterocycles. The molecule has 0 aromatic carbocycles. The van der Waals surface area contributed by atoms with Crippen LogP contribution in [0.1, 0.15) is 6.42 Å². The lowest BCUT2D eigenvalue weighted by atomic mass is 10.0. The van der Waals surface area contributed by atoms with Gasteiger partial charge in [0.2, 0.25) is 0 Å². The molecule has 0 N–H and O–H groups in total. The molecular formula is C15H34O5Si3. The maximum absolute atomic E-state index is 12.5. The summed E-state index contributed by atoms with van der Waals surface area (Å²) in [4.78, 5) is 12.5. The smallest absolute Gasteiger partial charge is 0.337 e. The summed E-state index contributed by atoms with van der Waals surface area (Å²) in [5.74, 6) is -0.300. The maximum atomic E-state index is 12.5. The van der Waals surface area contributed by atoms with Crippen LogP contribution in [0.4, 0.5) is 0 Å². The summed E-state index contributed by atoms with van der Waals surface area (Å²) in [6.45, 7) is 19.5. The molecule has 3 atom stereocenters. The first-order valence-electron chi connectivity index (χ1n) is 8.36. The van der Waals surface area contributed by atoms with Crippen LogP contribution in [0.3, 0.4) is 0 Å². The summed E-state index contributed by atoms with van der Waals surface area (Å²) in [6.07, 6.45) is -0.422. The number of esters is 1. The Bertz CT molecular complexity index is 409. The van der Waals surface area contributed by atoms with E-state index >= 15 is 0 Å². The van der Waals surface area contributed by atoms with Gasteiger partial charge in [0.15, 0.2) is 31.1 Å². The molecule has 1 rings (SSSR count). The van der Waals surface area contributed by atoms with Gasteiger partial charge in [-0.2, -0.15) is 0 Å². The van der Waals surface area contributed by atoms with Crippen LogP contribution in [0.15, 0.2) is 0 Å². The van der Waals surface area contributed by atoms with Crippen LogP contribution in [0.5, 0.6) is 0 Å². The molecular weight excluding hydrogens is 344 g/mol. The van der Waals surface area contributed by atoms with Gasteiger partial charge in [0.1, 0.15) is 6.10 Å². The average molecular weight is 379 g/mol. The molecule has 5 nitrogen and oxygen atoms in total. The maximum Gasteiger partial charge on any atom is 0.337 e. The van der Waals surface area contributed by atoms with Gasteiger partial charge in [-0.25, -0.2) is 4.79 Å². The van der Waals surface area contributed by atoms with Gasteiger partial charge in [-0.3, -0.25) is 0 Å². The number of cyclic esters (lactones) is 1. The molecule has 0 saturated carbocycles. The highest BCUT2D eigenvalue weighted by Gasteiger charge is 2.44. The van der Waals surface area contributed by atoms with Crippen molar-refractivity contribution in [2.75, 3.05) is 6.61 Å². The van der Waals surface area contributed by atoms with Crippen LogP contribution < -0.4 is 0 Å². The van der Waals surface area contributed by atoms with E-state index in [1.165, 1.54) is 0 Å². The van der Waals surface area contributed by atoms with E-state index < -0.39 is 31.1 Å². The third kappa shape index (κ3) is 8.59. The molecule has 1 saturated heterocycles. The van der Waals surface area contributed by atoms with Crippen LogP contribution in [0.25, 0.3) is 0 Å². The molecule has 1 fully saturated rings. The highest BCUT2D eigenvalue weighted by atomic mass is 28.4. The predicted octanol–water partition coefficient (Wildman–Crippen LogP) is 3.59. The van der Waals surface area contributed by atoms with E-state index in [1.807, 2.05) is 0 Å². The number of hydrogen-bond acceptors (Lipinski definition) is 5. The Balaban J connectivity index is 2.83. The lowest BCUT2D eigenvalue weighted by Crippen LogP contribution is -2.55. The van der Waals surface area contributed by atoms with Gasteiger partial charge in [-0.05, 0) is 58.9 Å². The third-order valence-electron chi connectivity index (χ3n) is 3.04. The molecule has 8 heteroatoms. The van der Waals surface area contributed by atoms with Crippen LogP contribution in [0, 0.1) is 0 Å². The van der Waals surface area contributed by atoms with Crippen molar-refractivity contribution in [1.82, 2.24) is 0 Å². The van der Waals surface area contributed by atoms with Gasteiger partial charge < -0.3 is 18.0 Å². The fraction of sp³-hybridized carbons (Fsp3) is 0.933. The first-order valence-corrected chi connectivity index (χ1v) is 18.6. The Labute approximate surface area is 144 Å². The molecule has 1 aliphatic rings. The second kappa shape index (κ2) is 7.49. The molecule has 1 unspecified atom stereocenters. The van der Waals surface area contributed by atoms with Crippen molar-refractivity contribution in [1.29, 1.82) is 0 Å². The van der Waals surface area contributed by atoms with Gasteiger partial charge in [0, 0.05) is 6.42 Å². The van der Waals surface area contributed by atoms with Crippen molar-refractivity contribution in [3.63, 3.8) is 0 Å². The lowest BCUT2D eigenvalue weighted by Gasteiger charge is -2.40. The fourth-order valence-electron chi connectivity index (χ4n) is 2.33. The summed E-state index contributed by atoms with van der Waals surface area (Å²) >= 11 is 0. The molecule has 0 bridgehead atoms. The van der Waals surface area contributed by atoms with Crippen molar-refractivity contribution in [2.24, 2.45) is 0 Å². The molecule has 0 spiro atoms. The Morgan fingerprint density at radius 3 is 1.87 bits per heavy atom. The number of carbonyl (C=O) groups excluding carboxylic acids is 1. The van der Waals surface area contributed by atoms with E-state index in [2.05, 4.69) is 58.9 Å². The summed E-state index contributed by atoms with van der Waals surface area (Å²) in [6, 6.07) is 0. The first-order chi connectivity index (χ1) is 10.2. The Morgan fingerprint density at radius 2 is 1.43 bits per heavy atom. The van der Waals surface area contributed by atoms with E-state index in [4.69, 9.17) is 18.0 Å². The molecule has 1 heterocycles. The topological polar surface area (TPSA) is 54.0 Å². The third-order valence-corrected chi connectivity index (χ3v) is 6.04. The summed E-state index contributed by atoms with van der Waals surface area (Å²) < 4.78 is 23.8. The zero-order chi connectivity index (χ0) is 18.1. The van der Waals surface area contributed by atoms with Crippen LogP contribution in [0.2, 0.25) is 58.9 Å². The second-order valence-corrected chi connectivity index (χ2v) is 22.6. The zero-order valence-corrected chi connectivity index (χ0v) is 19.2. The number of hydrogen-bond donors (Lipinski definition) is 0. The summed E-state index contributed by atoms with van der Waals surface area (Å²) in [7, 11) is -5.28. The minimum atomic E-state index is -1.86. The minimum absolute atomic E-state index is 0.232. The van der Waals surface area contributed by atoms with Crippen molar-refractivity contribution in [3.05, 3.63) is 0 Å². The van der Waals surface area contributed by atoms with Crippen molar-refractivity contribution >= 4 is 30.9 Å². The summed E-state index contributed by atoms with van der Waals surface area (Å²) in [5.41, 5.74) is 0. The molecule has 0 aromatic heterocycles. The summed E-state index contributed by atoms with van der Waals surface area (Å²) in [5, 5.41) is 0. The minimum Gasteiger partial charge on any atom is -0.458 e. The quantitative estimate of drug-likeness (QED) is 0.500. The van der Waals surface area contributed by atoms with Gasteiger partial charge >= 0.3 is 5.97 Å². The predicted molar refractivity (Wildman–Crippen MR) is 100 cm³/mol. The van der Waals surface area contributed by atoms with Crippen LogP contribution >= 0.6 is 0 Å². The van der Waals surface area contributed by atoms with E-state index in [-0.39, 0.29) is 18.2 Å². The van der Waals surface area contributed by atoms with E-state index in [0.29, 0.717) is 13.0 Å². The Kier molecular flexibility index (Phi) is 6.85. The van der Waals surface area contributed by atoms with E-state index in [9.17, 15) is 4.79 Å². The monoisotopic (exact) mass is 378 g/mol. The average Bonchev–Trinajstić information content (AvgIpc) is 2.27. The molecule has 23 heavy (non-hydrogen) atoms. The van der Waals surface area contributed by atoms with E-state index in [1.54, 1.807) is 0 Å². The highest BCUT2D eigenvalue weighted by molar-refractivity contribution is 6.70. The Hall–Kier alpha value is 0.000649. The van der Waals surface area contributed by atoms with Crippen LogP contribution in [-0.2, 0) is 22.8 Å². The molecule has 0 aromatic rings. The normalized spacial score (nSPS) is 27.0. The van der Waals surface area contributed by atoms with Crippen LogP contribution in [-0.4, -0.2) is 55.8 Å². The van der Waals surface area contributed by atoms with Gasteiger partial charge in [-0.1, -0.05) is 0 Å². The number of ether oxygens (including phenoxy) is 1. The molecule has 136 valence electrons. The van der Waals surface area contributed by atoms with Crippen molar-refractivity contribution in [2.45, 2.75) is 83.7 Å². The van der Waals surface area contributed by atoms with Crippen molar-refractivity contribution < 1.29 is 22.8 Å². The van der Waals surface area contributed by atoms with Gasteiger partial charge in [-0.15, -0.1) is 0 Å².